The van der Waals surface area contributed by atoms with Crippen LogP contribution in [0.2, 0.25) is 0 Å². The van der Waals surface area contributed by atoms with Crippen molar-refractivity contribution in [3.05, 3.63) is 91.0 Å². The maximum absolute atomic E-state index is 12.9. The van der Waals surface area contributed by atoms with E-state index in [2.05, 4.69) is 16.4 Å². The van der Waals surface area contributed by atoms with Crippen molar-refractivity contribution in [1.29, 1.82) is 0 Å². The number of rotatable bonds is 9. The van der Waals surface area contributed by atoms with Crippen molar-refractivity contribution in [2.75, 3.05) is 16.4 Å². The molecule has 0 atom stereocenters. The molecule has 3 aromatic rings. The SMILES string of the molecule is O=P(ONc1ccccc1)(ONc1ccccc1)ONc1ccccc1. The van der Waals surface area contributed by atoms with Gasteiger partial charge in [0.05, 0.1) is 17.1 Å². The molecule has 0 aromatic heterocycles. The molecule has 0 aliphatic carbocycles. The smallest absolute Gasteiger partial charge is 0.256 e. The molecule has 0 heterocycles. The summed E-state index contributed by atoms with van der Waals surface area (Å²) in [5.41, 5.74) is 9.48. The Morgan fingerprint density at radius 3 is 1.04 bits per heavy atom. The molecule has 0 saturated carbocycles. The maximum Gasteiger partial charge on any atom is 0.539 e. The molecule has 0 bridgehead atoms. The van der Waals surface area contributed by atoms with Gasteiger partial charge in [0, 0.05) is 0 Å². The molecule has 26 heavy (non-hydrogen) atoms. The minimum absolute atomic E-state index is 0.597. The fourth-order valence-corrected chi connectivity index (χ4v) is 2.66. The van der Waals surface area contributed by atoms with E-state index in [1.54, 1.807) is 36.4 Å². The minimum Gasteiger partial charge on any atom is -0.256 e. The first-order chi connectivity index (χ1) is 12.7. The van der Waals surface area contributed by atoms with Crippen LogP contribution in [0.5, 0.6) is 0 Å². The summed E-state index contributed by atoms with van der Waals surface area (Å²) in [6.07, 6.45) is 0. The average molecular weight is 371 g/mol. The van der Waals surface area contributed by atoms with Crippen LogP contribution in [-0.4, -0.2) is 0 Å². The van der Waals surface area contributed by atoms with Gasteiger partial charge in [-0.05, 0) is 36.4 Å². The second-order valence-corrected chi connectivity index (χ2v) is 6.57. The van der Waals surface area contributed by atoms with E-state index in [0.29, 0.717) is 17.1 Å². The fourth-order valence-electron chi connectivity index (χ4n) is 1.90. The third-order valence-electron chi connectivity index (χ3n) is 3.15. The first kappa shape index (κ1) is 18.0. The third-order valence-corrected chi connectivity index (χ3v) is 4.09. The number of phosphoric acid groups is 1. The van der Waals surface area contributed by atoms with E-state index in [0.717, 1.165) is 0 Å². The Morgan fingerprint density at radius 1 is 0.500 bits per heavy atom. The lowest BCUT2D eigenvalue weighted by atomic mass is 10.3. The summed E-state index contributed by atoms with van der Waals surface area (Å²) < 4.78 is 28.5. The summed E-state index contributed by atoms with van der Waals surface area (Å²) in [5, 5.41) is 0. The normalized spacial score (nSPS) is 10.9. The van der Waals surface area contributed by atoms with Gasteiger partial charge in [-0.15, -0.1) is 0 Å². The quantitative estimate of drug-likeness (QED) is 0.351. The lowest BCUT2D eigenvalue weighted by molar-refractivity contribution is 0.173. The van der Waals surface area contributed by atoms with E-state index in [1.807, 2.05) is 54.6 Å². The Balaban J connectivity index is 1.65. The fraction of sp³-hybridized carbons (Fsp3) is 0. The molecule has 0 fully saturated rings. The van der Waals surface area contributed by atoms with E-state index >= 15 is 0 Å². The van der Waals surface area contributed by atoms with E-state index in [1.165, 1.54) is 0 Å². The van der Waals surface area contributed by atoms with Gasteiger partial charge in [0.25, 0.3) is 0 Å². The Hall–Kier alpha value is -2.83. The van der Waals surface area contributed by atoms with Gasteiger partial charge in [-0.3, -0.25) is 16.4 Å². The predicted molar refractivity (Wildman–Crippen MR) is 101 cm³/mol. The first-order valence-corrected chi connectivity index (χ1v) is 9.29. The third kappa shape index (κ3) is 5.61. The highest BCUT2D eigenvalue weighted by Crippen LogP contribution is 2.49. The van der Waals surface area contributed by atoms with Crippen molar-refractivity contribution in [3.63, 3.8) is 0 Å². The van der Waals surface area contributed by atoms with Gasteiger partial charge in [-0.2, -0.15) is 13.9 Å². The van der Waals surface area contributed by atoms with Crippen molar-refractivity contribution in [3.8, 4) is 0 Å². The highest BCUT2D eigenvalue weighted by molar-refractivity contribution is 7.48. The molecule has 3 rings (SSSR count). The number of para-hydroxylation sites is 3. The van der Waals surface area contributed by atoms with Crippen LogP contribution in [0.3, 0.4) is 0 Å². The molecule has 7 nitrogen and oxygen atoms in total. The lowest BCUT2D eigenvalue weighted by Gasteiger charge is -2.18. The highest BCUT2D eigenvalue weighted by atomic mass is 31.2. The molecule has 3 aromatic carbocycles. The highest BCUT2D eigenvalue weighted by Gasteiger charge is 2.30. The molecular formula is C18H18N3O4P. The zero-order valence-corrected chi connectivity index (χ0v) is 14.6. The molecule has 0 aliphatic rings. The van der Waals surface area contributed by atoms with Crippen LogP contribution in [0.4, 0.5) is 17.1 Å². The topological polar surface area (TPSA) is 80.9 Å². The molecule has 3 N–H and O–H groups in total. The monoisotopic (exact) mass is 371 g/mol. The summed E-state index contributed by atoms with van der Waals surface area (Å²) in [6, 6.07) is 26.9. The predicted octanol–water partition coefficient (Wildman–Crippen LogP) is 5.23. The number of hydrogen-bond donors (Lipinski definition) is 3. The van der Waals surface area contributed by atoms with Crippen LogP contribution in [0.25, 0.3) is 0 Å². The van der Waals surface area contributed by atoms with Crippen LogP contribution >= 0.6 is 7.82 Å². The van der Waals surface area contributed by atoms with Crippen molar-refractivity contribution >= 4 is 24.9 Å². The van der Waals surface area contributed by atoms with Gasteiger partial charge in [0.1, 0.15) is 0 Å². The number of anilines is 3. The second kappa shape index (κ2) is 9.03. The van der Waals surface area contributed by atoms with Gasteiger partial charge in [0.2, 0.25) is 0 Å². The summed E-state index contributed by atoms with van der Waals surface area (Å²) in [4.78, 5) is 0. The van der Waals surface area contributed by atoms with E-state index in [4.69, 9.17) is 13.9 Å². The Labute approximate surface area is 151 Å². The second-order valence-electron chi connectivity index (χ2n) is 5.13. The Bertz CT molecular complexity index is 722. The number of benzene rings is 3. The summed E-state index contributed by atoms with van der Waals surface area (Å²) in [7, 11) is -4.05. The maximum atomic E-state index is 12.9. The Morgan fingerprint density at radius 2 is 0.769 bits per heavy atom. The van der Waals surface area contributed by atoms with Crippen molar-refractivity contribution in [2.45, 2.75) is 0 Å². The molecule has 0 radical (unpaired) electrons. The minimum atomic E-state index is -4.05. The van der Waals surface area contributed by atoms with Gasteiger partial charge in [-0.25, -0.2) is 4.57 Å². The molecule has 8 heteroatoms. The molecule has 134 valence electrons. The van der Waals surface area contributed by atoms with E-state index in [9.17, 15) is 4.57 Å². The standard InChI is InChI=1S/C18H18N3O4P/c22-26(23-19-16-10-4-1-5-11-16,24-20-17-12-6-2-7-13-17)25-21-18-14-8-3-9-15-18/h1-15,19-21H. The van der Waals surface area contributed by atoms with Gasteiger partial charge in [0.15, 0.2) is 0 Å². The summed E-state index contributed by atoms with van der Waals surface area (Å²) in [6.45, 7) is 0. The average Bonchev–Trinajstić information content (AvgIpc) is 2.72. The van der Waals surface area contributed by atoms with Crippen LogP contribution in [-0.2, 0) is 18.4 Å². The van der Waals surface area contributed by atoms with Crippen LogP contribution in [0, 0.1) is 0 Å². The molecule has 0 spiro atoms. The van der Waals surface area contributed by atoms with Gasteiger partial charge >= 0.3 is 7.82 Å². The molecular weight excluding hydrogens is 353 g/mol. The van der Waals surface area contributed by atoms with E-state index in [-0.39, 0.29) is 0 Å². The largest absolute Gasteiger partial charge is 0.539 e. The van der Waals surface area contributed by atoms with Crippen LogP contribution in [0.15, 0.2) is 91.0 Å². The number of nitrogens with one attached hydrogen (secondary N) is 3. The Kier molecular flexibility index (Phi) is 6.24. The molecule has 0 saturated heterocycles. The van der Waals surface area contributed by atoms with Crippen molar-refractivity contribution < 1.29 is 18.4 Å². The lowest BCUT2D eigenvalue weighted by Crippen LogP contribution is -2.11. The van der Waals surface area contributed by atoms with Gasteiger partial charge < -0.3 is 0 Å². The summed E-state index contributed by atoms with van der Waals surface area (Å²) >= 11 is 0. The first-order valence-electron chi connectivity index (χ1n) is 7.82. The zero-order chi connectivity index (χ0) is 18.1. The van der Waals surface area contributed by atoms with E-state index < -0.39 is 7.82 Å². The van der Waals surface area contributed by atoms with Gasteiger partial charge in [-0.1, -0.05) is 54.6 Å². The van der Waals surface area contributed by atoms with Crippen LogP contribution in [0.1, 0.15) is 0 Å². The molecule has 0 unspecified atom stereocenters. The summed E-state index contributed by atoms with van der Waals surface area (Å²) in [5.74, 6) is 0. The van der Waals surface area contributed by atoms with Crippen molar-refractivity contribution in [1.82, 2.24) is 0 Å². The van der Waals surface area contributed by atoms with Crippen molar-refractivity contribution in [2.24, 2.45) is 0 Å². The molecule has 0 amide bonds. The van der Waals surface area contributed by atoms with Crippen LogP contribution < -0.4 is 16.4 Å². The number of hydrogen-bond acceptors (Lipinski definition) is 7. The zero-order valence-electron chi connectivity index (χ0n) is 13.7. The molecule has 0 aliphatic heterocycles.